The van der Waals surface area contributed by atoms with Gasteiger partial charge >= 0.3 is 103 Å². The minimum Gasteiger partial charge on any atom is -0.550 e. The molecule has 0 saturated carbocycles. The molecule has 0 radical (unpaired) electrons. The van der Waals surface area contributed by atoms with E-state index >= 15 is 0 Å². The monoisotopic (exact) mass is 636 g/mol. The van der Waals surface area contributed by atoms with E-state index in [0.29, 0.717) is 0 Å². The Balaban J connectivity index is -0.000000174. The van der Waals surface area contributed by atoms with Crippen LogP contribution in [0.5, 0.6) is 0 Å². The van der Waals surface area contributed by atoms with Crippen LogP contribution in [0, 0.1) is 0 Å². The molecule has 0 amide bonds. The van der Waals surface area contributed by atoms with Crippen LogP contribution in [-0.2, 0) is 9.59 Å². The van der Waals surface area contributed by atoms with E-state index in [4.69, 9.17) is 10.2 Å². The number of hydrogen-bond acceptors (Lipinski definition) is 6. The molecule has 0 aliphatic carbocycles. The summed E-state index contributed by atoms with van der Waals surface area (Å²) in [7, 11) is 0. The van der Waals surface area contributed by atoms with Gasteiger partial charge in [0, 0.05) is 11.9 Å². The molecule has 236 valence electrons. The number of aliphatic carboxylic acids is 2. The van der Waals surface area contributed by atoms with Gasteiger partial charge in [0.25, 0.3) is 0 Å². The average Bonchev–Trinajstić information content (AvgIpc) is 2.90. The molecule has 0 heterocycles. The zero-order valence-corrected chi connectivity index (χ0v) is 34.4. The summed E-state index contributed by atoms with van der Waals surface area (Å²) in [6.07, 6.45) is 30.4. The van der Waals surface area contributed by atoms with Crippen LogP contribution in [0.3, 0.4) is 0 Å². The molecule has 0 aliphatic heterocycles. The predicted molar refractivity (Wildman–Crippen MR) is 160 cm³/mol. The molecular formula is C33H66K2O6. The van der Waals surface area contributed by atoms with Crippen molar-refractivity contribution in [2.45, 2.75) is 194 Å². The van der Waals surface area contributed by atoms with E-state index in [1.54, 1.807) is 0 Å². The van der Waals surface area contributed by atoms with E-state index in [-0.39, 0.29) is 122 Å². The van der Waals surface area contributed by atoms with Gasteiger partial charge in [0.2, 0.25) is 0 Å². The maximum absolute atomic E-state index is 10.2. The maximum atomic E-state index is 10.2. The Morgan fingerprint density at radius 2 is 0.659 bits per heavy atom. The Hall–Kier alpha value is 2.13. The second-order valence-electron chi connectivity index (χ2n) is 11.1. The zero-order chi connectivity index (χ0) is 29.8. The maximum Gasteiger partial charge on any atom is 1.00 e. The van der Waals surface area contributed by atoms with Crippen LogP contribution in [0.1, 0.15) is 188 Å². The van der Waals surface area contributed by atoms with Gasteiger partial charge in [-0.3, -0.25) is 0 Å². The Labute approximate surface area is 340 Å². The quantitative estimate of drug-likeness (QED) is 0.103. The van der Waals surface area contributed by atoms with Gasteiger partial charge in [-0.25, -0.2) is 0 Å². The van der Waals surface area contributed by atoms with Crippen molar-refractivity contribution in [3.8, 4) is 0 Å². The van der Waals surface area contributed by atoms with Gasteiger partial charge in [0.05, 0.1) is 12.7 Å². The molecule has 0 aromatic carbocycles. The SMILES string of the molecule is CC(O)CO.CCCCCCCCCCCCCC(=O)[O-].CCCCCCCCCCCCCCCC(=O)[O-].[K+].[K+]. The molecule has 0 fully saturated rings. The van der Waals surface area contributed by atoms with E-state index in [9.17, 15) is 19.8 Å². The van der Waals surface area contributed by atoms with Crippen LogP contribution < -0.4 is 113 Å². The molecule has 0 aromatic rings. The van der Waals surface area contributed by atoms with Crippen molar-refractivity contribution in [1.29, 1.82) is 0 Å². The van der Waals surface area contributed by atoms with Crippen molar-refractivity contribution in [2.75, 3.05) is 6.61 Å². The van der Waals surface area contributed by atoms with Crippen LogP contribution in [-0.4, -0.2) is 34.9 Å². The Bertz CT molecular complexity index is 479. The Kier molecular flexibility index (Phi) is 63.0. The summed E-state index contributed by atoms with van der Waals surface area (Å²) in [4.78, 5) is 20.3. The van der Waals surface area contributed by atoms with E-state index in [1.807, 2.05) is 0 Å². The molecule has 41 heavy (non-hydrogen) atoms. The fourth-order valence-corrected chi connectivity index (χ4v) is 4.22. The van der Waals surface area contributed by atoms with Crippen molar-refractivity contribution in [1.82, 2.24) is 0 Å². The second kappa shape index (κ2) is 49.0. The first-order chi connectivity index (χ1) is 18.8. The molecule has 2 N–H and O–H groups in total. The van der Waals surface area contributed by atoms with Gasteiger partial charge in [0.1, 0.15) is 0 Å². The smallest absolute Gasteiger partial charge is 0.550 e. The van der Waals surface area contributed by atoms with Gasteiger partial charge < -0.3 is 30.0 Å². The van der Waals surface area contributed by atoms with E-state index in [2.05, 4.69) is 13.8 Å². The Morgan fingerprint density at radius 1 is 0.488 bits per heavy atom. The number of rotatable bonds is 27. The van der Waals surface area contributed by atoms with Crippen molar-refractivity contribution >= 4 is 11.9 Å². The summed E-state index contributed by atoms with van der Waals surface area (Å²) in [5.41, 5.74) is 0. The van der Waals surface area contributed by atoms with Gasteiger partial charge in [-0.05, 0) is 32.6 Å². The first-order valence-electron chi connectivity index (χ1n) is 16.5. The summed E-state index contributed by atoms with van der Waals surface area (Å²) < 4.78 is 0. The van der Waals surface area contributed by atoms with Gasteiger partial charge in [0.15, 0.2) is 0 Å². The van der Waals surface area contributed by atoms with Crippen molar-refractivity contribution < 1.29 is 133 Å². The molecule has 0 aliphatic rings. The third-order valence-corrected chi connectivity index (χ3v) is 6.73. The predicted octanol–water partition coefficient (Wildman–Crippen LogP) is 1.02. The number of carbonyl (C=O) groups excluding carboxylic acids is 2. The fourth-order valence-electron chi connectivity index (χ4n) is 4.22. The molecule has 0 aromatic heterocycles. The molecule has 1 unspecified atom stereocenters. The largest absolute Gasteiger partial charge is 1.00 e. The van der Waals surface area contributed by atoms with E-state index in [0.717, 1.165) is 25.7 Å². The molecule has 0 saturated heterocycles. The molecular weight excluding hydrogens is 571 g/mol. The summed E-state index contributed by atoms with van der Waals surface area (Å²) in [6.45, 7) is 5.89. The third-order valence-electron chi connectivity index (χ3n) is 6.73. The minimum atomic E-state index is -0.907. The summed E-state index contributed by atoms with van der Waals surface area (Å²) in [6, 6.07) is 0. The summed E-state index contributed by atoms with van der Waals surface area (Å²) in [5, 5.41) is 36.3. The first-order valence-corrected chi connectivity index (χ1v) is 16.5. The van der Waals surface area contributed by atoms with E-state index in [1.165, 1.54) is 135 Å². The second-order valence-corrected chi connectivity index (χ2v) is 11.1. The van der Waals surface area contributed by atoms with Crippen LogP contribution in [0.15, 0.2) is 0 Å². The zero-order valence-electron chi connectivity index (χ0n) is 28.2. The normalized spacial score (nSPS) is 10.7. The minimum absolute atomic E-state index is 0. The van der Waals surface area contributed by atoms with Gasteiger partial charge in [-0.1, -0.05) is 155 Å². The third kappa shape index (κ3) is 65.7. The molecule has 0 rings (SSSR count). The van der Waals surface area contributed by atoms with Crippen LogP contribution in [0.25, 0.3) is 0 Å². The number of aliphatic hydroxyl groups is 2. The molecule has 0 spiro atoms. The van der Waals surface area contributed by atoms with Crippen LogP contribution >= 0.6 is 0 Å². The molecule has 1 atom stereocenters. The molecule has 0 bridgehead atoms. The van der Waals surface area contributed by atoms with Crippen LogP contribution in [0.4, 0.5) is 0 Å². The molecule has 6 nitrogen and oxygen atoms in total. The van der Waals surface area contributed by atoms with Crippen molar-refractivity contribution in [3.63, 3.8) is 0 Å². The fraction of sp³-hybridized carbons (Fsp3) is 0.939. The number of carboxylic acids is 2. The van der Waals surface area contributed by atoms with Crippen molar-refractivity contribution in [3.05, 3.63) is 0 Å². The number of unbranched alkanes of at least 4 members (excludes halogenated alkanes) is 22. The summed E-state index contributed by atoms with van der Waals surface area (Å²) in [5.74, 6) is -1.81. The number of carboxylic acid groups (broad SMARTS) is 2. The topological polar surface area (TPSA) is 121 Å². The van der Waals surface area contributed by atoms with Gasteiger partial charge in [-0.2, -0.15) is 0 Å². The Morgan fingerprint density at radius 3 is 0.805 bits per heavy atom. The van der Waals surface area contributed by atoms with Crippen LogP contribution in [0.2, 0.25) is 0 Å². The van der Waals surface area contributed by atoms with E-state index < -0.39 is 18.0 Å². The van der Waals surface area contributed by atoms with Gasteiger partial charge in [-0.15, -0.1) is 0 Å². The number of aliphatic hydroxyl groups excluding tert-OH is 2. The number of hydrogen-bond donors (Lipinski definition) is 2. The van der Waals surface area contributed by atoms with Crippen molar-refractivity contribution in [2.24, 2.45) is 0 Å². The molecule has 8 heteroatoms. The standard InChI is InChI=1S/C16H32O2.C14H28O2.C3H8O2.2K/c1-2-3-4-5-6-7-8-9-10-11-12-13-14-15-16(17)18;1-2-3-4-5-6-7-8-9-10-11-12-13-14(15)16;1-3(5)2-4;;/h2-15H2,1H3,(H,17,18);2-13H2,1H3,(H,15,16);3-5H,2H2,1H3;;/q;;;2*+1/p-2. The number of carbonyl (C=O) groups is 2. The summed E-state index contributed by atoms with van der Waals surface area (Å²) >= 11 is 0. The first kappa shape index (κ1) is 52.7. The average molecular weight is 637 g/mol.